The maximum absolute atomic E-state index is 4.72. The molecule has 24 heavy (non-hydrogen) atoms. The number of hydrogen-bond acceptors (Lipinski definition) is 4. The molecular weight excluding hydrogens is 300 g/mol. The molecule has 0 atom stereocenters. The maximum atomic E-state index is 4.72. The number of fused-ring (bicyclic) bond motifs is 1. The van der Waals surface area contributed by atoms with Gasteiger partial charge in [-0.15, -0.1) is 5.10 Å². The zero-order chi connectivity index (χ0) is 16.4. The first-order valence-corrected chi connectivity index (χ1v) is 8.52. The molecule has 6 heteroatoms. The summed E-state index contributed by atoms with van der Waals surface area (Å²) in [5, 5.41) is 11.4. The fourth-order valence-corrected chi connectivity index (χ4v) is 3.34. The van der Waals surface area contributed by atoms with E-state index in [1.54, 1.807) is 10.9 Å². The molecule has 0 amide bonds. The molecule has 1 aromatic carbocycles. The molecule has 6 nitrogen and oxygen atoms in total. The van der Waals surface area contributed by atoms with E-state index in [1.807, 2.05) is 6.20 Å². The van der Waals surface area contributed by atoms with Gasteiger partial charge in [0, 0.05) is 26.1 Å². The molecule has 0 spiro atoms. The van der Waals surface area contributed by atoms with E-state index in [0.717, 1.165) is 31.7 Å². The second kappa shape index (κ2) is 6.57. The molecule has 4 rings (SSSR count). The summed E-state index contributed by atoms with van der Waals surface area (Å²) >= 11 is 0. The Morgan fingerprint density at radius 2 is 2.00 bits per heavy atom. The molecule has 1 aliphatic heterocycles. The molecule has 1 aliphatic rings. The Kier molecular flexibility index (Phi) is 4.13. The molecular formula is C18H22N6. The van der Waals surface area contributed by atoms with E-state index >= 15 is 0 Å². The first-order valence-electron chi connectivity index (χ1n) is 8.52. The van der Waals surface area contributed by atoms with Crippen LogP contribution in [-0.2, 0) is 26.1 Å². The summed E-state index contributed by atoms with van der Waals surface area (Å²) in [6.45, 7) is 4.94. The van der Waals surface area contributed by atoms with Gasteiger partial charge in [0.15, 0.2) is 0 Å². The molecule has 2 aromatic heterocycles. The molecule has 1 N–H and O–H groups in total. The smallest absolute Gasteiger partial charge is 0.109 e. The first-order chi connectivity index (χ1) is 11.8. The second-order valence-electron chi connectivity index (χ2n) is 6.29. The third kappa shape index (κ3) is 2.97. The van der Waals surface area contributed by atoms with Gasteiger partial charge in [0.1, 0.15) is 5.82 Å². The summed E-state index contributed by atoms with van der Waals surface area (Å²) in [5.74, 6) is 1.26. The molecule has 3 aromatic rings. The zero-order valence-electron chi connectivity index (χ0n) is 13.9. The van der Waals surface area contributed by atoms with Gasteiger partial charge in [0.2, 0.25) is 0 Å². The quantitative estimate of drug-likeness (QED) is 0.783. The number of nitrogens with zero attached hydrogens (tertiary/aromatic N) is 5. The lowest BCUT2D eigenvalue weighted by atomic mass is 10.1. The van der Waals surface area contributed by atoms with Gasteiger partial charge < -0.3 is 9.88 Å². The highest BCUT2D eigenvalue weighted by Crippen LogP contribution is 2.19. The highest BCUT2D eigenvalue weighted by molar-refractivity contribution is 5.33. The van der Waals surface area contributed by atoms with E-state index in [1.165, 1.54) is 35.6 Å². The van der Waals surface area contributed by atoms with Crippen molar-refractivity contribution in [2.75, 3.05) is 0 Å². The monoisotopic (exact) mass is 322 g/mol. The molecule has 0 radical (unpaired) electrons. The van der Waals surface area contributed by atoms with Crippen LogP contribution in [0.25, 0.3) is 5.69 Å². The highest BCUT2D eigenvalue weighted by Gasteiger charge is 2.16. The summed E-state index contributed by atoms with van der Waals surface area (Å²) in [6.07, 6.45) is 7.18. The Morgan fingerprint density at radius 3 is 2.79 bits per heavy atom. The lowest BCUT2D eigenvalue weighted by molar-refractivity contribution is 0.498. The van der Waals surface area contributed by atoms with Crippen LogP contribution in [0, 0.1) is 6.92 Å². The van der Waals surface area contributed by atoms with Crippen LogP contribution < -0.4 is 5.32 Å². The predicted octanol–water partition coefficient (Wildman–Crippen LogP) is 2.40. The minimum absolute atomic E-state index is 0.845. The van der Waals surface area contributed by atoms with Crippen molar-refractivity contribution in [3.63, 3.8) is 0 Å². The molecule has 3 heterocycles. The van der Waals surface area contributed by atoms with Crippen molar-refractivity contribution in [2.45, 2.75) is 45.8 Å². The van der Waals surface area contributed by atoms with Gasteiger partial charge in [-0.25, -0.2) is 9.67 Å². The van der Waals surface area contributed by atoms with Crippen molar-refractivity contribution in [3.8, 4) is 5.69 Å². The van der Waals surface area contributed by atoms with Crippen LogP contribution in [0.15, 0.2) is 36.7 Å². The highest BCUT2D eigenvalue weighted by atomic mass is 15.4. The summed E-state index contributed by atoms with van der Waals surface area (Å²) in [7, 11) is 0. The molecule has 0 bridgehead atoms. The summed E-state index contributed by atoms with van der Waals surface area (Å²) in [6, 6.07) is 8.39. The molecule has 124 valence electrons. The van der Waals surface area contributed by atoms with E-state index in [4.69, 9.17) is 4.98 Å². The number of rotatable bonds is 5. The van der Waals surface area contributed by atoms with Crippen molar-refractivity contribution in [3.05, 3.63) is 59.4 Å². The van der Waals surface area contributed by atoms with Gasteiger partial charge in [-0.05, 0) is 37.5 Å². The largest absolute Gasteiger partial charge is 0.331 e. The van der Waals surface area contributed by atoms with Gasteiger partial charge in [-0.1, -0.05) is 17.3 Å². The zero-order valence-corrected chi connectivity index (χ0v) is 13.9. The van der Waals surface area contributed by atoms with Crippen LogP contribution >= 0.6 is 0 Å². The number of nitrogens with one attached hydrogen (secondary N) is 1. The number of hydrogen-bond donors (Lipinski definition) is 1. The molecule has 0 aliphatic carbocycles. The Hall–Kier alpha value is -2.47. The van der Waals surface area contributed by atoms with Crippen molar-refractivity contribution in [1.82, 2.24) is 29.9 Å². The predicted molar refractivity (Wildman–Crippen MR) is 91.8 cm³/mol. The second-order valence-corrected chi connectivity index (χ2v) is 6.29. The van der Waals surface area contributed by atoms with E-state index in [0.29, 0.717) is 0 Å². The molecule has 0 fully saturated rings. The van der Waals surface area contributed by atoms with Crippen LogP contribution in [0.2, 0.25) is 0 Å². The third-order valence-electron chi connectivity index (χ3n) is 4.63. The Labute approximate surface area is 141 Å². The van der Waals surface area contributed by atoms with E-state index in [9.17, 15) is 0 Å². The van der Waals surface area contributed by atoms with Crippen molar-refractivity contribution < 1.29 is 0 Å². The van der Waals surface area contributed by atoms with Crippen molar-refractivity contribution in [1.29, 1.82) is 0 Å². The molecule has 0 saturated carbocycles. The fraction of sp³-hybridized carbons (Fsp3) is 0.389. The first kappa shape index (κ1) is 15.1. The maximum Gasteiger partial charge on any atom is 0.109 e. The Morgan fingerprint density at radius 1 is 1.12 bits per heavy atom. The number of aromatic nitrogens is 5. The summed E-state index contributed by atoms with van der Waals surface area (Å²) < 4.78 is 4.17. The lowest BCUT2D eigenvalue weighted by Gasteiger charge is -2.17. The van der Waals surface area contributed by atoms with Gasteiger partial charge >= 0.3 is 0 Å². The normalized spacial score (nSPS) is 13.9. The number of imidazole rings is 1. The average Bonchev–Trinajstić information content (AvgIpc) is 3.24. The van der Waals surface area contributed by atoms with Crippen LogP contribution in [0.3, 0.4) is 0 Å². The Bertz CT molecular complexity index is 801. The van der Waals surface area contributed by atoms with Crippen LogP contribution in [-0.4, -0.2) is 24.5 Å². The van der Waals surface area contributed by atoms with Gasteiger partial charge in [-0.3, -0.25) is 0 Å². The van der Waals surface area contributed by atoms with Gasteiger partial charge in [0.05, 0.1) is 29.5 Å². The third-order valence-corrected chi connectivity index (χ3v) is 4.63. The van der Waals surface area contributed by atoms with E-state index < -0.39 is 0 Å². The van der Waals surface area contributed by atoms with Crippen molar-refractivity contribution in [2.24, 2.45) is 0 Å². The Balaban J connectivity index is 1.38. The number of aryl methyl sites for hydroxylation is 2. The average molecular weight is 322 g/mol. The van der Waals surface area contributed by atoms with Gasteiger partial charge in [0.25, 0.3) is 0 Å². The summed E-state index contributed by atoms with van der Waals surface area (Å²) in [5.41, 5.74) is 4.79. The van der Waals surface area contributed by atoms with Crippen LogP contribution in [0.5, 0.6) is 0 Å². The minimum atomic E-state index is 0.845. The van der Waals surface area contributed by atoms with E-state index in [2.05, 4.69) is 51.4 Å². The van der Waals surface area contributed by atoms with Gasteiger partial charge in [-0.2, -0.15) is 0 Å². The number of benzene rings is 1. The fourth-order valence-electron chi connectivity index (χ4n) is 3.34. The van der Waals surface area contributed by atoms with Crippen molar-refractivity contribution >= 4 is 0 Å². The topological polar surface area (TPSA) is 60.6 Å². The summed E-state index contributed by atoms with van der Waals surface area (Å²) in [4.78, 5) is 4.72. The van der Waals surface area contributed by atoms with E-state index in [-0.39, 0.29) is 0 Å². The van der Waals surface area contributed by atoms with Crippen LogP contribution in [0.1, 0.15) is 35.6 Å². The molecule has 0 unspecified atom stereocenters. The minimum Gasteiger partial charge on any atom is -0.331 e. The van der Waals surface area contributed by atoms with Crippen LogP contribution in [0.4, 0.5) is 0 Å². The molecule has 0 saturated heterocycles. The lowest BCUT2D eigenvalue weighted by Crippen LogP contribution is -2.19. The SMILES string of the molecule is Cc1nc2n(c1CNCc1ccc(-n3ccnn3)cc1)CCCC2. The standard InChI is InChI=1S/C18H22N6/c1-14-17(23-10-3-2-4-18(23)21-14)13-19-12-15-5-7-16(8-6-15)24-11-9-20-22-24/h5-9,11,19H,2-4,10,12-13H2,1H3.